The summed E-state index contributed by atoms with van der Waals surface area (Å²) in [6.45, 7) is 2.33. The number of methoxy groups -OCH3 is 1. The molecule has 0 saturated carbocycles. The van der Waals surface area contributed by atoms with Gasteiger partial charge < -0.3 is 23.4 Å². The van der Waals surface area contributed by atoms with Gasteiger partial charge in [-0.2, -0.15) is 0 Å². The third-order valence-electron chi connectivity index (χ3n) is 5.11. The van der Waals surface area contributed by atoms with Crippen molar-refractivity contribution in [2.45, 2.75) is 32.0 Å². The SMILES string of the molecule is COc1ccc(Cn2ccnc2CN(C[C@@H]2CCCO2)C(=O)c2ccco2)cc1. The van der Waals surface area contributed by atoms with Crippen LogP contribution in [0.15, 0.2) is 59.5 Å². The van der Waals surface area contributed by atoms with Gasteiger partial charge in [-0.3, -0.25) is 4.79 Å². The first-order valence-electron chi connectivity index (χ1n) is 9.80. The standard InChI is InChI=1S/C22H25N3O4/c1-27-18-8-6-17(7-9-18)14-24-11-10-23-21(24)16-25(15-19-4-2-12-28-19)22(26)20-5-3-13-29-20/h3,5-11,13,19H,2,4,12,14-16H2,1H3/t19-/m0/s1. The first-order valence-corrected chi connectivity index (χ1v) is 9.80. The fraction of sp³-hybridized carbons (Fsp3) is 0.364. The summed E-state index contributed by atoms with van der Waals surface area (Å²) in [7, 11) is 1.65. The predicted molar refractivity (Wildman–Crippen MR) is 107 cm³/mol. The fourth-order valence-corrected chi connectivity index (χ4v) is 3.54. The molecule has 1 aliphatic heterocycles. The highest BCUT2D eigenvalue weighted by Gasteiger charge is 2.26. The number of rotatable bonds is 8. The number of hydrogen-bond acceptors (Lipinski definition) is 5. The zero-order chi connectivity index (χ0) is 20.1. The maximum Gasteiger partial charge on any atom is 0.290 e. The van der Waals surface area contributed by atoms with Crippen LogP contribution in [0.3, 0.4) is 0 Å². The highest BCUT2D eigenvalue weighted by molar-refractivity contribution is 5.91. The Bertz CT molecular complexity index is 912. The zero-order valence-electron chi connectivity index (χ0n) is 16.5. The van der Waals surface area contributed by atoms with E-state index in [1.54, 1.807) is 30.3 Å². The van der Waals surface area contributed by atoms with Crippen molar-refractivity contribution < 1.29 is 18.7 Å². The second-order valence-electron chi connectivity index (χ2n) is 7.12. The van der Waals surface area contributed by atoms with Gasteiger partial charge in [0.05, 0.1) is 26.0 Å². The smallest absolute Gasteiger partial charge is 0.290 e. The van der Waals surface area contributed by atoms with E-state index < -0.39 is 0 Å². The minimum absolute atomic E-state index is 0.0545. The van der Waals surface area contributed by atoms with E-state index in [0.29, 0.717) is 25.4 Å². The largest absolute Gasteiger partial charge is 0.497 e. The Morgan fingerprint density at radius 1 is 1.31 bits per heavy atom. The molecule has 29 heavy (non-hydrogen) atoms. The molecule has 1 aliphatic rings. The van der Waals surface area contributed by atoms with Crippen molar-refractivity contribution in [1.82, 2.24) is 14.5 Å². The Labute approximate surface area is 169 Å². The molecular weight excluding hydrogens is 370 g/mol. The minimum atomic E-state index is -0.149. The van der Waals surface area contributed by atoms with E-state index in [0.717, 1.165) is 36.6 Å². The lowest BCUT2D eigenvalue weighted by Crippen LogP contribution is -2.37. The molecule has 152 valence electrons. The number of carbonyl (C=O) groups is 1. The number of carbonyl (C=O) groups excluding carboxylic acids is 1. The van der Waals surface area contributed by atoms with Crippen molar-refractivity contribution in [3.8, 4) is 5.75 Å². The van der Waals surface area contributed by atoms with E-state index in [2.05, 4.69) is 9.55 Å². The highest BCUT2D eigenvalue weighted by atomic mass is 16.5. The van der Waals surface area contributed by atoms with Crippen LogP contribution in [0.4, 0.5) is 0 Å². The number of benzene rings is 1. The van der Waals surface area contributed by atoms with Gasteiger partial charge in [-0.05, 0) is 42.7 Å². The van der Waals surface area contributed by atoms with Crippen molar-refractivity contribution >= 4 is 5.91 Å². The summed E-state index contributed by atoms with van der Waals surface area (Å²) in [6.07, 6.45) is 7.25. The summed E-state index contributed by atoms with van der Waals surface area (Å²) < 4.78 is 18.4. The molecule has 1 aromatic carbocycles. The molecule has 1 amide bonds. The summed E-state index contributed by atoms with van der Waals surface area (Å²) in [5.41, 5.74) is 1.13. The first kappa shape index (κ1) is 19.3. The summed E-state index contributed by atoms with van der Waals surface area (Å²) >= 11 is 0. The van der Waals surface area contributed by atoms with E-state index in [1.807, 2.05) is 30.5 Å². The summed E-state index contributed by atoms with van der Waals surface area (Å²) in [5, 5.41) is 0. The van der Waals surface area contributed by atoms with Crippen molar-refractivity contribution in [1.29, 1.82) is 0 Å². The van der Waals surface area contributed by atoms with E-state index in [4.69, 9.17) is 13.9 Å². The van der Waals surface area contributed by atoms with Gasteiger partial charge in [-0.15, -0.1) is 0 Å². The number of hydrogen-bond donors (Lipinski definition) is 0. The molecule has 0 N–H and O–H groups in total. The Morgan fingerprint density at radius 2 is 2.17 bits per heavy atom. The molecule has 7 heteroatoms. The lowest BCUT2D eigenvalue weighted by atomic mass is 10.2. The third kappa shape index (κ3) is 4.68. The fourth-order valence-electron chi connectivity index (χ4n) is 3.54. The van der Waals surface area contributed by atoms with Crippen molar-refractivity contribution in [2.75, 3.05) is 20.3 Å². The van der Waals surface area contributed by atoms with Crippen molar-refractivity contribution in [2.24, 2.45) is 0 Å². The molecule has 2 aromatic heterocycles. The van der Waals surface area contributed by atoms with E-state index in [-0.39, 0.29) is 12.0 Å². The van der Waals surface area contributed by atoms with Gasteiger partial charge in [-0.25, -0.2) is 4.98 Å². The van der Waals surface area contributed by atoms with Crippen LogP contribution in [0.1, 0.15) is 34.8 Å². The van der Waals surface area contributed by atoms with Crippen LogP contribution in [0.25, 0.3) is 0 Å². The molecule has 1 atom stereocenters. The molecule has 4 rings (SSSR count). The highest BCUT2D eigenvalue weighted by Crippen LogP contribution is 2.18. The lowest BCUT2D eigenvalue weighted by Gasteiger charge is -2.24. The Balaban J connectivity index is 1.51. The average molecular weight is 395 g/mol. The number of nitrogens with zero attached hydrogens (tertiary/aromatic N) is 3. The molecule has 0 spiro atoms. The van der Waals surface area contributed by atoms with Crippen LogP contribution < -0.4 is 4.74 Å². The summed E-state index contributed by atoms with van der Waals surface area (Å²) in [4.78, 5) is 19.2. The number of amides is 1. The van der Waals surface area contributed by atoms with Crippen LogP contribution in [0.5, 0.6) is 5.75 Å². The second kappa shape index (κ2) is 8.96. The summed E-state index contributed by atoms with van der Waals surface area (Å²) in [5.74, 6) is 1.82. The van der Waals surface area contributed by atoms with Crippen LogP contribution >= 0.6 is 0 Å². The molecule has 0 bridgehead atoms. The molecule has 0 unspecified atom stereocenters. The van der Waals surface area contributed by atoms with Gasteiger partial charge >= 0.3 is 0 Å². The normalized spacial score (nSPS) is 16.1. The summed E-state index contributed by atoms with van der Waals surface area (Å²) in [6, 6.07) is 11.4. The Hall–Kier alpha value is -3.06. The molecule has 1 fully saturated rings. The maximum atomic E-state index is 13.0. The zero-order valence-corrected chi connectivity index (χ0v) is 16.5. The van der Waals surface area contributed by atoms with Crippen LogP contribution in [0.2, 0.25) is 0 Å². The van der Waals surface area contributed by atoms with Crippen LogP contribution in [-0.4, -0.2) is 46.7 Å². The molecule has 0 aliphatic carbocycles. The Kier molecular flexibility index (Phi) is 5.95. The maximum absolute atomic E-state index is 13.0. The van der Waals surface area contributed by atoms with E-state index >= 15 is 0 Å². The quantitative estimate of drug-likeness (QED) is 0.585. The van der Waals surface area contributed by atoms with Crippen LogP contribution in [-0.2, 0) is 17.8 Å². The number of imidazole rings is 1. The molecule has 7 nitrogen and oxygen atoms in total. The third-order valence-corrected chi connectivity index (χ3v) is 5.11. The first-order chi connectivity index (χ1) is 14.2. The van der Waals surface area contributed by atoms with Gasteiger partial charge in [0.25, 0.3) is 5.91 Å². The van der Waals surface area contributed by atoms with Gasteiger partial charge in [-0.1, -0.05) is 12.1 Å². The number of ether oxygens (including phenoxy) is 2. The minimum Gasteiger partial charge on any atom is -0.497 e. The van der Waals surface area contributed by atoms with Gasteiger partial charge in [0.1, 0.15) is 11.6 Å². The predicted octanol–water partition coefficient (Wildman–Crippen LogP) is 3.35. The number of aromatic nitrogens is 2. The molecule has 3 heterocycles. The topological polar surface area (TPSA) is 69.7 Å². The Morgan fingerprint density at radius 3 is 2.86 bits per heavy atom. The second-order valence-corrected chi connectivity index (χ2v) is 7.12. The number of furan rings is 1. The monoisotopic (exact) mass is 395 g/mol. The van der Waals surface area contributed by atoms with Gasteiger partial charge in [0.2, 0.25) is 0 Å². The molecule has 3 aromatic rings. The lowest BCUT2D eigenvalue weighted by molar-refractivity contribution is 0.0475. The average Bonchev–Trinajstić information content (AvgIpc) is 3.51. The molecular formula is C22H25N3O4. The molecule has 1 saturated heterocycles. The van der Waals surface area contributed by atoms with Gasteiger partial charge in [0, 0.05) is 32.1 Å². The van der Waals surface area contributed by atoms with Crippen molar-refractivity contribution in [3.63, 3.8) is 0 Å². The van der Waals surface area contributed by atoms with Crippen molar-refractivity contribution in [3.05, 3.63) is 72.2 Å². The van der Waals surface area contributed by atoms with E-state index in [9.17, 15) is 4.79 Å². The van der Waals surface area contributed by atoms with Crippen LogP contribution in [0, 0.1) is 0 Å². The van der Waals surface area contributed by atoms with Gasteiger partial charge in [0.15, 0.2) is 5.76 Å². The van der Waals surface area contributed by atoms with E-state index in [1.165, 1.54) is 6.26 Å². The molecule has 0 radical (unpaired) electrons.